The largest absolute Gasteiger partial charge is 0.573 e. The van der Waals surface area contributed by atoms with E-state index in [1.807, 2.05) is 24.3 Å². The number of anilines is 2. The number of halogens is 3. The molecule has 3 aromatic rings. The van der Waals surface area contributed by atoms with Gasteiger partial charge in [0.05, 0.1) is 7.11 Å². The predicted octanol–water partition coefficient (Wildman–Crippen LogP) is 4.77. The van der Waals surface area contributed by atoms with E-state index in [0.717, 1.165) is 11.3 Å². The first-order valence-electron chi connectivity index (χ1n) is 8.82. The Morgan fingerprint density at radius 3 is 2.60 bits per heavy atom. The molecule has 2 aromatic carbocycles. The number of hydrogen-bond acceptors (Lipinski definition) is 6. The first-order valence-corrected chi connectivity index (χ1v) is 9.70. The third-order valence-electron chi connectivity index (χ3n) is 3.91. The number of ether oxygens (including phenoxy) is 2. The summed E-state index contributed by atoms with van der Waals surface area (Å²) >= 11 is 1.21. The third-order valence-corrected chi connectivity index (χ3v) is 4.67. The molecule has 0 aliphatic carbocycles. The van der Waals surface area contributed by atoms with Gasteiger partial charge in [0, 0.05) is 17.6 Å². The highest BCUT2D eigenvalue weighted by Crippen LogP contribution is 2.26. The Labute approximate surface area is 174 Å². The second kappa shape index (κ2) is 9.49. The normalized spacial score (nSPS) is 11.1. The fraction of sp³-hybridized carbons (Fsp3) is 0.200. The van der Waals surface area contributed by atoms with Gasteiger partial charge in [-0.3, -0.25) is 4.79 Å². The van der Waals surface area contributed by atoms with Gasteiger partial charge >= 0.3 is 6.36 Å². The molecule has 0 spiro atoms. The van der Waals surface area contributed by atoms with Crippen LogP contribution in [-0.4, -0.2) is 30.9 Å². The van der Waals surface area contributed by atoms with E-state index in [2.05, 4.69) is 20.4 Å². The van der Waals surface area contributed by atoms with Crippen molar-refractivity contribution in [2.24, 2.45) is 0 Å². The quantitative estimate of drug-likeness (QED) is 0.531. The van der Waals surface area contributed by atoms with Crippen molar-refractivity contribution in [1.29, 1.82) is 0 Å². The Kier molecular flexibility index (Phi) is 6.78. The van der Waals surface area contributed by atoms with E-state index in [0.29, 0.717) is 23.8 Å². The Balaban J connectivity index is 1.50. The number of nitrogens with one attached hydrogen (secondary N) is 2. The number of methoxy groups -OCH3 is 1. The highest BCUT2D eigenvalue weighted by Gasteiger charge is 2.30. The molecule has 2 N–H and O–H groups in total. The molecule has 0 atom stereocenters. The van der Waals surface area contributed by atoms with Crippen molar-refractivity contribution in [3.63, 3.8) is 0 Å². The minimum Gasteiger partial charge on any atom is -0.497 e. The summed E-state index contributed by atoms with van der Waals surface area (Å²) in [6, 6.07) is 12.8. The number of carbonyl (C=O) groups excluding carboxylic acids is 1. The lowest BCUT2D eigenvalue weighted by Crippen LogP contribution is -2.26. The van der Waals surface area contributed by atoms with E-state index < -0.39 is 6.36 Å². The van der Waals surface area contributed by atoms with Crippen LogP contribution in [0.4, 0.5) is 24.0 Å². The van der Waals surface area contributed by atoms with Crippen LogP contribution in [0, 0.1) is 0 Å². The lowest BCUT2D eigenvalue weighted by molar-refractivity contribution is -0.274. The summed E-state index contributed by atoms with van der Waals surface area (Å²) in [6.07, 6.45) is -4.09. The number of amides is 1. The van der Waals surface area contributed by atoms with Crippen LogP contribution < -0.4 is 20.1 Å². The van der Waals surface area contributed by atoms with Gasteiger partial charge in [0.1, 0.15) is 17.2 Å². The second-order valence-corrected chi connectivity index (χ2v) is 6.95. The van der Waals surface area contributed by atoms with E-state index in [1.165, 1.54) is 35.6 Å². The molecule has 0 aliphatic rings. The third kappa shape index (κ3) is 6.38. The maximum atomic E-state index is 12.3. The summed E-state index contributed by atoms with van der Waals surface area (Å²) in [5.74, 6) is 0.131. The number of nitrogens with zero attached hydrogens (tertiary/aromatic N) is 1. The molecule has 0 fully saturated rings. The van der Waals surface area contributed by atoms with Crippen LogP contribution in [0.15, 0.2) is 53.9 Å². The first kappa shape index (κ1) is 21.4. The van der Waals surface area contributed by atoms with E-state index in [-0.39, 0.29) is 17.4 Å². The fourth-order valence-corrected chi connectivity index (χ4v) is 3.25. The second-order valence-electron chi connectivity index (χ2n) is 6.09. The number of hydrogen-bond donors (Lipinski definition) is 2. The van der Waals surface area contributed by atoms with E-state index >= 15 is 0 Å². The minimum atomic E-state index is -4.74. The van der Waals surface area contributed by atoms with Crippen LogP contribution in [-0.2, 0) is 6.42 Å². The van der Waals surface area contributed by atoms with Crippen molar-refractivity contribution >= 4 is 28.1 Å². The molecule has 0 unspecified atom stereocenters. The van der Waals surface area contributed by atoms with Crippen LogP contribution >= 0.6 is 11.3 Å². The fourth-order valence-electron chi connectivity index (χ4n) is 2.54. The Morgan fingerprint density at radius 1 is 1.13 bits per heavy atom. The maximum absolute atomic E-state index is 12.3. The zero-order valence-corrected chi connectivity index (χ0v) is 16.6. The van der Waals surface area contributed by atoms with Crippen molar-refractivity contribution in [2.45, 2.75) is 12.8 Å². The van der Waals surface area contributed by atoms with Gasteiger partial charge in [-0.1, -0.05) is 12.1 Å². The Morgan fingerprint density at radius 2 is 1.90 bits per heavy atom. The summed E-state index contributed by atoms with van der Waals surface area (Å²) in [5, 5.41) is 7.79. The summed E-state index contributed by atoms with van der Waals surface area (Å²) in [5.41, 5.74) is 1.81. The van der Waals surface area contributed by atoms with Crippen molar-refractivity contribution in [3.05, 3.63) is 65.2 Å². The number of rotatable bonds is 8. The molecule has 3 rings (SSSR count). The highest BCUT2D eigenvalue weighted by molar-refractivity contribution is 7.14. The molecule has 0 radical (unpaired) electrons. The molecule has 0 aliphatic heterocycles. The van der Waals surface area contributed by atoms with E-state index in [1.54, 1.807) is 12.5 Å². The summed E-state index contributed by atoms with van der Waals surface area (Å²) in [7, 11) is 1.60. The zero-order valence-electron chi connectivity index (χ0n) is 15.8. The standard InChI is InChI=1S/C20H18F3N3O3S/c1-28-16-4-2-3-13(11-16)9-10-24-18(27)17-12-30-19(26-17)25-14-5-7-15(8-6-14)29-20(21,22)23/h2-8,11-12H,9-10H2,1H3,(H,24,27)(H,25,26). The zero-order chi connectivity index (χ0) is 21.6. The molecular formula is C20H18F3N3O3S. The van der Waals surface area contributed by atoms with Crippen molar-refractivity contribution in [2.75, 3.05) is 19.0 Å². The van der Waals surface area contributed by atoms with Crippen LogP contribution in [0.2, 0.25) is 0 Å². The topological polar surface area (TPSA) is 72.5 Å². The molecule has 6 nitrogen and oxygen atoms in total. The SMILES string of the molecule is COc1cccc(CCNC(=O)c2csc(Nc3ccc(OC(F)(F)F)cc3)n2)c1. The summed E-state index contributed by atoms with van der Waals surface area (Å²) in [6.45, 7) is 0.437. The van der Waals surface area contributed by atoms with Gasteiger partial charge in [-0.25, -0.2) is 4.98 Å². The number of alkyl halides is 3. The van der Waals surface area contributed by atoms with Gasteiger partial charge in [-0.2, -0.15) is 0 Å². The van der Waals surface area contributed by atoms with Gasteiger partial charge in [0.25, 0.3) is 5.91 Å². The molecule has 0 saturated carbocycles. The molecule has 1 aromatic heterocycles. The molecule has 1 heterocycles. The predicted molar refractivity (Wildman–Crippen MR) is 108 cm³/mol. The molecule has 0 bridgehead atoms. The Bertz CT molecular complexity index is 991. The van der Waals surface area contributed by atoms with Crippen molar-refractivity contribution in [3.8, 4) is 11.5 Å². The van der Waals surface area contributed by atoms with Crippen LogP contribution in [0.25, 0.3) is 0 Å². The number of thiazole rings is 1. The van der Waals surface area contributed by atoms with Crippen LogP contribution in [0.5, 0.6) is 11.5 Å². The van der Waals surface area contributed by atoms with Gasteiger partial charge in [-0.05, 0) is 48.4 Å². The minimum absolute atomic E-state index is 0.255. The Hall–Kier alpha value is -3.27. The highest BCUT2D eigenvalue weighted by atomic mass is 32.1. The van der Waals surface area contributed by atoms with E-state index in [9.17, 15) is 18.0 Å². The molecule has 1 amide bonds. The lowest BCUT2D eigenvalue weighted by atomic mass is 10.1. The average Bonchev–Trinajstić information content (AvgIpc) is 3.17. The lowest BCUT2D eigenvalue weighted by Gasteiger charge is -2.09. The molecular weight excluding hydrogens is 419 g/mol. The van der Waals surface area contributed by atoms with Crippen molar-refractivity contribution in [1.82, 2.24) is 10.3 Å². The molecule has 0 saturated heterocycles. The summed E-state index contributed by atoms with van der Waals surface area (Å²) in [4.78, 5) is 16.5. The van der Waals surface area contributed by atoms with Crippen molar-refractivity contribution < 1.29 is 27.4 Å². The number of benzene rings is 2. The monoisotopic (exact) mass is 437 g/mol. The van der Waals surface area contributed by atoms with Gasteiger partial charge < -0.3 is 20.1 Å². The molecule has 10 heteroatoms. The van der Waals surface area contributed by atoms with Crippen LogP contribution in [0.1, 0.15) is 16.1 Å². The van der Waals surface area contributed by atoms with Gasteiger partial charge in [-0.15, -0.1) is 24.5 Å². The maximum Gasteiger partial charge on any atom is 0.573 e. The average molecular weight is 437 g/mol. The van der Waals surface area contributed by atoms with E-state index in [4.69, 9.17) is 4.74 Å². The molecule has 30 heavy (non-hydrogen) atoms. The number of carbonyl (C=O) groups is 1. The van der Waals surface area contributed by atoms with Gasteiger partial charge in [0.2, 0.25) is 0 Å². The smallest absolute Gasteiger partial charge is 0.497 e. The molecule has 158 valence electrons. The van der Waals surface area contributed by atoms with Gasteiger partial charge in [0.15, 0.2) is 5.13 Å². The summed E-state index contributed by atoms with van der Waals surface area (Å²) < 4.78 is 45.6. The van der Waals surface area contributed by atoms with Crippen LogP contribution in [0.3, 0.4) is 0 Å². The number of aromatic nitrogens is 1. The first-order chi connectivity index (χ1) is 14.3.